The van der Waals surface area contributed by atoms with Crippen molar-refractivity contribution in [3.05, 3.63) is 29.3 Å². The maximum atomic E-state index is 10.8. The minimum atomic E-state index is -0.753. The molecule has 0 saturated carbocycles. The molecule has 0 unspecified atom stereocenters. The Morgan fingerprint density at radius 1 is 1.26 bits per heavy atom. The molecule has 19 heavy (non-hydrogen) atoms. The maximum Gasteiger partial charge on any atom is 0.317 e. The van der Waals surface area contributed by atoms with Crippen molar-refractivity contribution in [2.75, 3.05) is 37.6 Å². The summed E-state index contributed by atoms with van der Waals surface area (Å²) in [5, 5.41) is 12.3. The molecule has 1 saturated heterocycles. The predicted octanol–water partition coefficient (Wildman–Crippen LogP) is 0.496. The van der Waals surface area contributed by atoms with Crippen LogP contribution in [-0.2, 0) is 17.9 Å². The van der Waals surface area contributed by atoms with Crippen molar-refractivity contribution in [2.24, 2.45) is 0 Å². The van der Waals surface area contributed by atoms with Gasteiger partial charge in [-0.2, -0.15) is 0 Å². The van der Waals surface area contributed by atoms with E-state index in [1.165, 1.54) is 16.8 Å². The van der Waals surface area contributed by atoms with Crippen molar-refractivity contribution in [2.45, 2.75) is 13.1 Å². The van der Waals surface area contributed by atoms with Crippen LogP contribution >= 0.6 is 0 Å². The van der Waals surface area contributed by atoms with Crippen molar-refractivity contribution >= 4 is 11.7 Å². The summed E-state index contributed by atoms with van der Waals surface area (Å²) in [5.41, 5.74) is 3.87. The van der Waals surface area contributed by atoms with E-state index in [2.05, 4.69) is 28.4 Å². The lowest BCUT2D eigenvalue weighted by Crippen LogP contribution is -2.43. The fraction of sp³-hybridized carbons (Fsp3) is 0.500. The van der Waals surface area contributed by atoms with E-state index in [0.29, 0.717) is 0 Å². The Balaban J connectivity index is 1.81. The topological polar surface area (TPSA) is 55.8 Å². The summed E-state index contributed by atoms with van der Waals surface area (Å²) in [6.07, 6.45) is 0. The highest BCUT2D eigenvalue weighted by Crippen LogP contribution is 2.31. The maximum absolute atomic E-state index is 10.8. The summed E-state index contributed by atoms with van der Waals surface area (Å²) in [5.74, 6) is -0.753. The Hall–Kier alpha value is -1.59. The predicted molar refractivity (Wildman–Crippen MR) is 73.3 cm³/mol. The van der Waals surface area contributed by atoms with Crippen molar-refractivity contribution in [1.29, 1.82) is 0 Å². The highest BCUT2D eigenvalue weighted by Gasteiger charge is 2.25. The highest BCUT2D eigenvalue weighted by atomic mass is 16.4. The third kappa shape index (κ3) is 2.57. The number of aliphatic carboxylic acids is 1. The fourth-order valence-corrected chi connectivity index (χ4v) is 2.98. The molecular formula is C14H19N3O2. The largest absolute Gasteiger partial charge is 0.480 e. The second-order valence-corrected chi connectivity index (χ2v) is 5.19. The van der Waals surface area contributed by atoms with E-state index < -0.39 is 5.97 Å². The van der Waals surface area contributed by atoms with Crippen LogP contribution in [0.4, 0.5) is 5.69 Å². The molecule has 1 aromatic carbocycles. The Morgan fingerprint density at radius 2 is 2.05 bits per heavy atom. The van der Waals surface area contributed by atoms with Gasteiger partial charge in [0.25, 0.3) is 0 Å². The standard InChI is InChI=1S/C14H19N3O2/c18-14(19)10-16-8-11-2-1-3-13(12(11)9-16)17-6-4-15-5-7-17/h1-3,15H,4-10H2,(H,18,19). The summed E-state index contributed by atoms with van der Waals surface area (Å²) in [4.78, 5) is 15.2. The molecule has 1 fully saturated rings. The second-order valence-electron chi connectivity index (χ2n) is 5.19. The number of fused-ring (bicyclic) bond motifs is 1. The normalized spacial score (nSPS) is 19.5. The van der Waals surface area contributed by atoms with Gasteiger partial charge < -0.3 is 15.3 Å². The number of hydrogen-bond donors (Lipinski definition) is 2. The quantitative estimate of drug-likeness (QED) is 0.829. The van der Waals surface area contributed by atoms with Crippen molar-refractivity contribution in [1.82, 2.24) is 10.2 Å². The molecule has 2 N–H and O–H groups in total. The Labute approximate surface area is 112 Å². The lowest BCUT2D eigenvalue weighted by molar-refractivity contribution is -0.138. The molecule has 0 bridgehead atoms. The van der Waals surface area contributed by atoms with Crippen LogP contribution < -0.4 is 10.2 Å². The highest BCUT2D eigenvalue weighted by molar-refractivity contribution is 5.69. The summed E-state index contributed by atoms with van der Waals surface area (Å²) in [6.45, 7) is 5.70. The molecule has 0 aromatic heterocycles. The third-order valence-corrected chi connectivity index (χ3v) is 3.84. The van der Waals surface area contributed by atoms with Gasteiger partial charge in [0.1, 0.15) is 0 Å². The van der Waals surface area contributed by atoms with Gasteiger partial charge in [0.2, 0.25) is 0 Å². The average molecular weight is 261 g/mol. The van der Waals surface area contributed by atoms with Crippen LogP contribution in [0.25, 0.3) is 0 Å². The molecule has 0 radical (unpaired) electrons. The van der Waals surface area contributed by atoms with E-state index in [1.54, 1.807) is 0 Å². The molecule has 0 aliphatic carbocycles. The summed E-state index contributed by atoms with van der Waals surface area (Å²) in [7, 11) is 0. The van der Waals surface area contributed by atoms with E-state index in [-0.39, 0.29) is 6.54 Å². The number of anilines is 1. The van der Waals surface area contributed by atoms with Crippen LogP contribution in [0.15, 0.2) is 18.2 Å². The first-order valence-electron chi connectivity index (χ1n) is 6.74. The SMILES string of the molecule is O=C(O)CN1Cc2cccc(N3CCNCC3)c2C1. The Morgan fingerprint density at radius 3 is 2.79 bits per heavy atom. The minimum Gasteiger partial charge on any atom is -0.480 e. The number of nitrogens with one attached hydrogen (secondary N) is 1. The van der Waals surface area contributed by atoms with Crippen LogP contribution in [0.5, 0.6) is 0 Å². The van der Waals surface area contributed by atoms with Crippen molar-refractivity contribution < 1.29 is 9.90 Å². The molecule has 5 heteroatoms. The first-order valence-corrected chi connectivity index (χ1v) is 6.74. The molecule has 2 heterocycles. The zero-order valence-corrected chi connectivity index (χ0v) is 10.9. The van der Waals surface area contributed by atoms with Gasteiger partial charge in [-0.15, -0.1) is 0 Å². The number of nitrogens with zero attached hydrogens (tertiary/aromatic N) is 2. The molecule has 0 atom stereocenters. The number of piperazine rings is 1. The first-order chi connectivity index (χ1) is 9.24. The number of benzene rings is 1. The lowest BCUT2D eigenvalue weighted by Gasteiger charge is -2.31. The summed E-state index contributed by atoms with van der Waals surface area (Å²) in [6, 6.07) is 6.36. The van der Waals surface area contributed by atoms with Gasteiger partial charge in [0, 0.05) is 45.0 Å². The average Bonchev–Trinajstić information content (AvgIpc) is 2.80. The number of hydrogen-bond acceptors (Lipinski definition) is 4. The molecule has 2 aliphatic rings. The molecule has 5 nitrogen and oxygen atoms in total. The van der Waals surface area contributed by atoms with Gasteiger partial charge in [-0.1, -0.05) is 12.1 Å². The molecule has 0 spiro atoms. The monoisotopic (exact) mass is 261 g/mol. The van der Waals surface area contributed by atoms with E-state index in [1.807, 2.05) is 4.90 Å². The fourth-order valence-electron chi connectivity index (χ4n) is 2.98. The van der Waals surface area contributed by atoms with Gasteiger partial charge in [-0.05, 0) is 17.2 Å². The lowest BCUT2D eigenvalue weighted by atomic mass is 10.1. The molecule has 1 aromatic rings. The Kier molecular flexibility index (Phi) is 3.40. The van der Waals surface area contributed by atoms with Crippen molar-refractivity contribution in [3.63, 3.8) is 0 Å². The summed E-state index contributed by atoms with van der Waals surface area (Å²) < 4.78 is 0. The zero-order valence-electron chi connectivity index (χ0n) is 10.9. The zero-order chi connectivity index (χ0) is 13.2. The second kappa shape index (κ2) is 5.19. The van der Waals surface area contributed by atoms with Gasteiger partial charge in [-0.25, -0.2) is 0 Å². The molecule has 0 amide bonds. The minimum absolute atomic E-state index is 0.121. The number of rotatable bonds is 3. The number of carboxylic acids is 1. The number of carboxylic acid groups (broad SMARTS) is 1. The van der Waals surface area contributed by atoms with Gasteiger partial charge in [0.15, 0.2) is 0 Å². The van der Waals surface area contributed by atoms with E-state index >= 15 is 0 Å². The van der Waals surface area contributed by atoms with Gasteiger partial charge >= 0.3 is 5.97 Å². The van der Waals surface area contributed by atoms with Crippen LogP contribution in [0.2, 0.25) is 0 Å². The van der Waals surface area contributed by atoms with Gasteiger partial charge in [-0.3, -0.25) is 9.69 Å². The van der Waals surface area contributed by atoms with E-state index in [0.717, 1.165) is 39.3 Å². The molecule has 3 rings (SSSR count). The molecule has 102 valence electrons. The number of carbonyl (C=O) groups is 1. The van der Waals surface area contributed by atoms with Gasteiger partial charge in [0.05, 0.1) is 6.54 Å². The third-order valence-electron chi connectivity index (χ3n) is 3.84. The molecular weight excluding hydrogens is 242 g/mol. The van der Waals surface area contributed by atoms with E-state index in [4.69, 9.17) is 5.11 Å². The Bertz CT molecular complexity index is 484. The first kappa shape index (κ1) is 12.4. The smallest absolute Gasteiger partial charge is 0.317 e. The van der Waals surface area contributed by atoms with Crippen LogP contribution in [-0.4, -0.2) is 48.7 Å². The van der Waals surface area contributed by atoms with Crippen LogP contribution in [0.1, 0.15) is 11.1 Å². The summed E-state index contributed by atoms with van der Waals surface area (Å²) >= 11 is 0. The van der Waals surface area contributed by atoms with Crippen LogP contribution in [0.3, 0.4) is 0 Å². The van der Waals surface area contributed by atoms with Crippen LogP contribution in [0, 0.1) is 0 Å². The van der Waals surface area contributed by atoms with Crippen molar-refractivity contribution in [3.8, 4) is 0 Å². The van der Waals surface area contributed by atoms with E-state index in [9.17, 15) is 4.79 Å². The molecule has 2 aliphatic heterocycles.